The van der Waals surface area contributed by atoms with Crippen LogP contribution < -0.4 is 15.4 Å². The number of carboxylic acid groups (broad SMARTS) is 1. The molecule has 0 aliphatic heterocycles. The number of carboxylic acids is 1. The molecule has 0 bridgehead atoms. The maximum absolute atomic E-state index is 11.2. The minimum atomic E-state index is -3.25. The molecular weight excluding hydrogens is 262 g/mol. The number of rotatable bonds is 8. The average molecular weight is 281 g/mol. The Morgan fingerprint density at radius 1 is 1.17 bits per heavy atom. The number of carbonyl (C=O) groups excluding carboxylic acids is 1. The van der Waals surface area contributed by atoms with Crippen molar-refractivity contribution < 1.29 is 23.1 Å². The van der Waals surface area contributed by atoms with Gasteiger partial charge in [0.05, 0.1) is 12.2 Å². The Labute approximate surface area is 106 Å². The first-order chi connectivity index (χ1) is 8.22. The van der Waals surface area contributed by atoms with Crippen LogP contribution in [-0.2, 0) is 14.8 Å². The molecule has 0 spiro atoms. The molecule has 0 saturated carbocycles. The number of aliphatic carboxylic acids is 1. The second kappa shape index (κ2) is 7.88. The van der Waals surface area contributed by atoms with Crippen molar-refractivity contribution in [2.45, 2.75) is 13.3 Å². The van der Waals surface area contributed by atoms with Gasteiger partial charge in [0, 0.05) is 19.6 Å². The van der Waals surface area contributed by atoms with Crippen LogP contribution in [0.15, 0.2) is 0 Å². The van der Waals surface area contributed by atoms with Gasteiger partial charge in [0.1, 0.15) is 0 Å². The lowest BCUT2D eigenvalue weighted by atomic mass is 10.1. The summed E-state index contributed by atoms with van der Waals surface area (Å²) < 4.78 is 23.6. The lowest BCUT2D eigenvalue weighted by molar-refractivity contribution is -0.141. The van der Waals surface area contributed by atoms with Gasteiger partial charge in [-0.1, -0.05) is 6.92 Å². The molecule has 1 unspecified atom stereocenters. The molecule has 0 fully saturated rings. The van der Waals surface area contributed by atoms with E-state index in [-0.39, 0.29) is 19.6 Å². The maximum atomic E-state index is 11.2. The van der Waals surface area contributed by atoms with Crippen molar-refractivity contribution in [3.63, 3.8) is 0 Å². The van der Waals surface area contributed by atoms with Gasteiger partial charge in [-0.2, -0.15) is 0 Å². The van der Waals surface area contributed by atoms with E-state index in [0.29, 0.717) is 6.42 Å². The van der Waals surface area contributed by atoms with Gasteiger partial charge in [-0.3, -0.25) is 4.79 Å². The summed E-state index contributed by atoms with van der Waals surface area (Å²) in [5, 5.41) is 13.5. The van der Waals surface area contributed by atoms with Crippen LogP contribution >= 0.6 is 0 Å². The van der Waals surface area contributed by atoms with E-state index in [1.807, 2.05) is 0 Å². The number of nitrogens with one attached hydrogen (secondary N) is 3. The Morgan fingerprint density at radius 2 is 1.72 bits per heavy atom. The number of hydrogen-bond donors (Lipinski definition) is 4. The molecule has 0 aliphatic carbocycles. The van der Waals surface area contributed by atoms with Crippen molar-refractivity contribution in [2.75, 3.05) is 25.9 Å². The molecule has 0 radical (unpaired) electrons. The van der Waals surface area contributed by atoms with Crippen LogP contribution in [0, 0.1) is 5.92 Å². The summed E-state index contributed by atoms with van der Waals surface area (Å²) in [7, 11) is -3.25. The fourth-order valence-electron chi connectivity index (χ4n) is 1.00. The van der Waals surface area contributed by atoms with Gasteiger partial charge in [0.25, 0.3) is 0 Å². The normalized spacial score (nSPS) is 12.8. The van der Waals surface area contributed by atoms with E-state index in [4.69, 9.17) is 5.11 Å². The first-order valence-electron chi connectivity index (χ1n) is 5.41. The highest BCUT2D eigenvalue weighted by molar-refractivity contribution is 7.88. The second-order valence-electron chi connectivity index (χ2n) is 3.88. The van der Waals surface area contributed by atoms with E-state index < -0.39 is 27.9 Å². The largest absolute Gasteiger partial charge is 0.481 e. The standard InChI is InChI=1S/C9H19N3O5S/c1-7(8(13)14)3-4-10-9(15)11-5-6-12-18(2,16)17/h7,12H,3-6H2,1-2H3,(H,13,14)(H2,10,11,15). The van der Waals surface area contributed by atoms with Gasteiger partial charge in [-0.05, 0) is 6.42 Å². The molecule has 2 amide bonds. The van der Waals surface area contributed by atoms with Gasteiger partial charge in [-0.15, -0.1) is 0 Å². The van der Waals surface area contributed by atoms with Crippen molar-refractivity contribution in [2.24, 2.45) is 5.92 Å². The molecule has 0 aromatic carbocycles. The minimum absolute atomic E-state index is 0.109. The summed E-state index contributed by atoms with van der Waals surface area (Å²) >= 11 is 0. The van der Waals surface area contributed by atoms with Crippen LogP contribution in [0.2, 0.25) is 0 Å². The summed E-state index contributed by atoms with van der Waals surface area (Å²) in [4.78, 5) is 21.7. The van der Waals surface area contributed by atoms with E-state index in [0.717, 1.165) is 6.26 Å². The summed E-state index contributed by atoms with van der Waals surface area (Å²) in [6, 6.07) is -0.456. The van der Waals surface area contributed by atoms with Crippen molar-refractivity contribution >= 4 is 22.0 Å². The van der Waals surface area contributed by atoms with Crippen LogP contribution in [-0.4, -0.2) is 51.4 Å². The quantitative estimate of drug-likeness (QED) is 0.422. The zero-order valence-electron chi connectivity index (χ0n) is 10.4. The molecule has 0 aliphatic rings. The molecule has 0 saturated heterocycles. The average Bonchev–Trinajstić information content (AvgIpc) is 2.22. The second-order valence-corrected chi connectivity index (χ2v) is 5.71. The number of hydrogen-bond acceptors (Lipinski definition) is 4. The monoisotopic (exact) mass is 281 g/mol. The number of sulfonamides is 1. The zero-order chi connectivity index (χ0) is 14.2. The molecule has 18 heavy (non-hydrogen) atoms. The Morgan fingerprint density at radius 3 is 2.22 bits per heavy atom. The molecule has 4 N–H and O–H groups in total. The van der Waals surface area contributed by atoms with Crippen LogP contribution in [0.4, 0.5) is 4.79 Å². The maximum Gasteiger partial charge on any atom is 0.314 e. The summed E-state index contributed by atoms with van der Waals surface area (Å²) in [6.07, 6.45) is 1.37. The predicted octanol–water partition coefficient (Wildman–Crippen LogP) is -1.05. The topological polar surface area (TPSA) is 125 Å². The molecule has 0 heterocycles. The van der Waals surface area contributed by atoms with E-state index in [2.05, 4.69) is 15.4 Å². The van der Waals surface area contributed by atoms with Gasteiger partial charge in [0.15, 0.2) is 0 Å². The molecule has 106 valence electrons. The Bertz CT molecular complexity index is 382. The Hall–Kier alpha value is -1.35. The van der Waals surface area contributed by atoms with Crippen molar-refractivity contribution in [3.05, 3.63) is 0 Å². The van der Waals surface area contributed by atoms with Crippen LogP contribution in [0.25, 0.3) is 0 Å². The van der Waals surface area contributed by atoms with E-state index >= 15 is 0 Å². The van der Waals surface area contributed by atoms with Gasteiger partial charge in [0.2, 0.25) is 10.0 Å². The van der Waals surface area contributed by atoms with E-state index in [1.54, 1.807) is 6.92 Å². The van der Waals surface area contributed by atoms with Crippen LogP contribution in [0.3, 0.4) is 0 Å². The van der Waals surface area contributed by atoms with Gasteiger partial charge >= 0.3 is 12.0 Å². The predicted molar refractivity (Wildman–Crippen MR) is 65.7 cm³/mol. The summed E-state index contributed by atoms with van der Waals surface area (Å²) in [5.74, 6) is -1.42. The van der Waals surface area contributed by atoms with Crippen molar-refractivity contribution in [3.8, 4) is 0 Å². The molecular formula is C9H19N3O5S. The summed E-state index contributed by atoms with van der Waals surface area (Å²) in [6.45, 7) is 2.07. The fourth-order valence-corrected chi connectivity index (χ4v) is 1.47. The van der Waals surface area contributed by atoms with E-state index in [1.165, 1.54) is 0 Å². The lowest BCUT2D eigenvalue weighted by Gasteiger charge is -2.09. The molecule has 9 heteroatoms. The van der Waals surface area contributed by atoms with Crippen molar-refractivity contribution in [1.82, 2.24) is 15.4 Å². The summed E-state index contributed by atoms with van der Waals surface area (Å²) in [5.41, 5.74) is 0. The Kier molecular flexibility index (Phi) is 7.29. The van der Waals surface area contributed by atoms with Gasteiger partial charge in [-0.25, -0.2) is 17.9 Å². The number of carbonyl (C=O) groups is 2. The fraction of sp³-hybridized carbons (Fsp3) is 0.778. The van der Waals surface area contributed by atoms with Crippen LogP contribution in [0.1, 0.15) is 13.3 Å². The molecule has 0 aromatic rings. The lowest BCUT2D eigenvalue weighted by Crippen LogP contribution is -2.40. The van der Waals surface area contributed by atoms with Crippen molar-refractivity contribution in [1.29, 1.82) is 0 Å². The third-order valence-electron chi connectivity index (χ3n) is 2.06. The highest BCUT2D eigenvalue weighted by Crippen LogP contribution is 1.99. The SMILES string of the molecule is CC(CCNC(=O)NCCNS(C)(=O)=O)C(=O)O. The van der Waals surface area contributed by atoms with Gasteiger partial charge < -0.3 is 15.7 Å². The highest BCUT2D eigenvalue weighted by atomic mass is 32.2. The molecule has 1 atom stereocenters. The number of amides is 2. The van der Waals surface area contributed by atoms with Crippen LogP contribution in [0.5, 0.6) is 0 Å². The molecule has 8 nitrogen and oxygen atoms in total. The first-order valence-corrected chi connectivity index (χ1v) is 7.30. The highest BCUT2D eigenvalue weighted by Gasteiger charge is 2.10. The zero-order valence-corrected chi connectivity index (χ0v) is 11.2. The minimum Gasteiger partial charge on any atom is -0.481 e. The third kappa shape index (κ3) is 9.85. The Balaban J connectivity index is 3.58. The van der Waals surface area contributed by atoms with E-state index in [9.17, 15) is 18.0 Å². The smallest absolute Gasteiger partial charge is 0.314 e. The third-order valence-corrected chi connectivity index (χ3v) is 2.79. The first kappa shape index (κ1) is 16.6. The molecule has 0 rings (SSSR count). The molecule has 0 aromatic heterocycles. The number of urea groups is 1.